The van der Waals surface area contributed by atoms with Crippen molar-refractivity contribution in [1.82, 2.24) is 14.9 Å². The minimum absolute atomic E-state index is 0.140. The van der Waals surface area contributed by atoms with Crippen molar-refractivity contribution in [3.05, 3.63) is 17.7 Å². The Morgan fingerprint density at radius 3 is 2.72 bits per heavy atom. The number of imidazole rings is 1. The van der Waals surface area contributed by atoms with Crippen LogP contribution in [0.3, 0.4) is 0 Å². The lowest BCUT2D eigenvalue weighted by Gasteiger charge is -2.11. The lowest BCUT2D eigenvalue weighted by atomic mass is 10.2. The molecule has 0 aliphatic heterocycles. The molecule has 18 heavy (non-hydrogen) atoms. The Kier molecular flexibility index (Phi) is 3.57. The fourth-order valence-electron chi connectivity index (χ4n) is 1.74. The summed E-state index contributed by atoms with van der Waals surface area (Å²) >= 11 is 0. The summed E-state index contributed by atoms with van der Waals surface area (Å²) in [5.41, 5.74) is 0.404. The van der Waals surface area contributed by atoms with Crippen LogP contribution >= 0.6 is 0 Å². The lowest BCUT2D eigenvalue weighted by molar-refractivity contribution is 0.513. The summed E-state index contributed by atoms with van der Waals surface area (Å²) in [4.78, 5) is 3.86. The largest absolute Gasteiger partial charge is 0.321 e. The van der Waals surface area contributed by atoms with Crippen LogP contribution in [0.4, 0.5) is 0 Å². The van der Waals surface area contributed by atoms with Gasteiger partial charge in [0.15, 0.2) is 11.4 Å². The maximum Gasteiger partial charge on any atom is 0.176 e. The standard InChI is InChI=1S/C12H12N6/c13-5-10(17-9-1-2-9)3-4-18-8-16-11(6-14)12(18)7-15/h8-10,17H,1-4H2. The second kappa shape index (κ2) is 5.31. The monoisotopic (exact) mass is 240 g/mol. The Labute approximate surface area is 105 Å². The summed E-state index contributed by atoms with van der Waals surface area (Å²) < 4.78 is 1.62. The van der Waals surface area contributed by atoms with E-state index in [1.54, 1.807) is 4.57 Å². The van der Waals surface area contributed by atoms with Gasteiger partial charge in [0.25, 0.3) is 0 Å². The van der Waals surface area contributed by atoms with E-state index in [1.165, 1.54) is 6.33 Å². The third-order valence-corrected chi connectivity index (χ3v) is 2.88. The Balaban J connectivity index is 1.97. The van der Waals surface area contributed by atoms with E-state index < -0.39 is 0 Å². The Morgan fingerprint density at radius 2 is 2.17 bits per heavy atom. The van der Waals surface area contributed by atoms with Crippen LogP contribution in [-0.2, 0) is 6.54 Å². The van der Waals surface area contributed by atoms with Crippen LogP contribution in [0.25, 0.3) is 0 Å². The summed E-state index contributed by atoms with van der Waals surface area (Å²) in [6.07, 6.45) is 4.34. The van der Waals surface area contributed by atoms with E-state index in [9.17, 15) is 0 Å². The van der Waals surface area contributed by atoms with Gasteiger partial charge in [0, 0.05) is 12.6 Å². The molecule has 0 aromatic carbocycles. The Hall–Kier alpha value is -2.36. The number of aryl methyl sites for hydroxylation is 1. The predicted molar refractivity (Wildman–Crippen MR) is 61.8 cm³/mol. The highest BCUT2D eigenvalue weighted by molar-refractivity contribution is 5.35. The van der Waals surface area contributed by atoms with Crippen molar-refractivity contribution in [2.45, 2.75) is 37.9 Å². The van der Waals surface area contributed by atoms with Crippen molar-refractivity contribution in [2.24, 2.45) is 0 Å². The number of hydrogen-bond acceptors (Lipinski definition) is 5. The molecule has 2 rings (SSSR count). The molecule has 1 aromatic rings. The molecule has 0 saturated heterocycles. The summed E-state index contributed by atoms with van der Waals surface area (Å²) in [5.74, 6) is 0. The first-order chi connectivity index (χ1) is 8.78. The van der Waals surface area contributed by atoms with E-state index in [4.69, 9.17) is 15.8 Å². The van der Waals surface area contributed by atoms with E-state index in [0.717, 1.165) is 12.8 Å². The van der Waals surface area contributed by atoms with Crippen LogP contribution in [-0.4, -0.2) is 21.6 Å². The van der Waals surface area contributed by atoms with E-state index in [-0.39, 0.29) is 17.4 Å². The number of nitrogens with zero attached hydrogens (tertiary/aromatic N) is 5. The predicted octanol–water partition coefficient (Wildman–Crippen LogP) is 0.661. The second-order valence-electron chi connectivity index (χ2n) is 4.27. The van der Waals surface area contributed by atoms with Gasteiger partial charge in [-0.05, 0) is 19.3 Å². The highest BCUT2D eigenvalue weighted by atomic mass is 15.1. The molecule has 1 aromatic heterocycles. The van der Waals surface area contributed by atoms with Gasteiger partial charge in [-0.2, -0.15) is 15.8 Å². The quantitative estimate of drug-likeness (QED) is 0.814. The number of nitrogens with one attached hydrogen (secondary N) is 1. The van der Waals surface area contributed by atoms with E-state index >= 15 is 0 Å². The second-order valence-corrected chi connectivity index (χ2v) is 4.27. The zero-order valence-electron chi connectivity index (χ0n) is 9.80. The van der Waals surface area contributed by atoms with E-state index in [2.05, 4.69) is 16.4 Å². The van der Waals surface area contributed by atoms with E-state index in [1.807, 2.05) is 12.1 Å². The first-order valence-corrected chi connectivity index (χ1v) is 5.79. The van der Waals surface area contributed by atoms with Crippen LogP contribution in [0.1, 0.15) is 30.7 Å². The Bertz CT molecular complexity index is 549. The molecule has 0 spiro atoms. The SMILES string of the molecule is N#Cc1ncn(CCC(C#N)NC2CC2)c1C#N. The third kappa shape index (κ3) is 2.66. The van der Waals surface area contributed by atoms with Gasteiger partial charge in [-0.3, -0.25) is 5.32 Å². The minimum atomic E-state index is -0.211. The lowest BCUT2D eigenvalue weighted by Crippen LogP contribution is -2.30. The molecule has 1 aliphatic carbocycles. The smallest absolute Gasteiger partial charge is 0.176 e. The Morgan fingerprint density at radius 1 is 1.39 bits per heavy atom. The van der Waals surface area contributed by atoms with Gasteiger partial charge in [0.1, 0.15) is 12.1 Å². The van der Waals surface area contributed by atoms with Gasteiger partial charge in [-0.15, -0.1) is 0 Å². The van der Waals surface area contributed by atoms with Crippen molar-refractivity contribution in [3.8, 4) is 18.2 Å². The van der Waals surface area contributed by atoms with Gasteiger partial charge in [-0.25, -0.2) is 4.98 Å². The minimum Gasteiger partial charge on any atom is -0.321 e. The molecule has 6 heteroatoms. The molecule has 1 N–H and O–H groups in total. The number of aromatic nitrogens is 2. The summed E-state index contributed by atoms with van der Waals surface area (Å²) in [6, 6.07) is 6.31. The zero-order chi connectivity index (χ0) is 13.0. The molecule has 1 unspecified atom stereocenters. The molecular weight excluding hydrogens is 228 g/mol. The first kappa shape index (κ1) is 12.1. The van der Waals surface area contributed by atoms with Crippen molar-refractivity contribution >= 4 is 0 Å². The topological polar surface area (TPSA) is 101 Å². The average Bonchev–Trinajstić information content (AvgIpc) is 3.12. The van der Waals surface area contributed by atoms with Crippen molar-refractivity contribution in [2.75, 3.05) is 0 Å². The number of rotatable bonds is 5. The zero-order valence-corrected chi connectivity index (χ0v) is 9.80. The molecule has 0 amide bonds. The van der Waals surface area contributed by atoms with Crippen molar-refractivity contribution < 1.29 is 0 Å². The van der Waals surface area contributed by atoms with Crippen LogP contribution in [0.5, 0.6) is 0 Å². The highest BCUT2D eigenvalue weighted by Crippen LogP contribution is 2.20. The van der Waals surface area contributed by atoms with Gasteiger partial charge in [-0.1, -0.05) is 0 Å². The fraction of sp³-hybridized carbons (Fsp3) is 0.500. The molecule has 6 nitrogen and oxygen atoms in total. The van der Waals surface area contributed by atoms with Crippen molar-refractivity contribution in [1.29, 1.82) is 15.8 Å². The number of nitriles is 3. The van der Waals surface area contributed by atoms with Gasteiger partial charge >= 0.3 is 0 Å². The first-order valence-electron chi connectivity index (χ1n) is 5.79. The molecule has 1 saturated carbocycles. The van der Waals surface area contributed by atoms with Gasteiger partial charge in [0.05, 0.1) is 18.4 Å². The van der Waals surface area contributed by atoms with Gasteiger partial charge in [0.2, 0.25) is 0 Å². The highest BCUT2D eigenvalue weighted by Gasteiger charge is 2.24. The van der Waals surface area contributed by atoms with E-state index in [0.29, 0.717) is 19.0 Å². The molecule has 1 heterocycles. The molecule has 1 aliphatic rings. The third-order valence-electron chi connectivity index (χ3n) is 2.88. The van der Waals surface area contributed by atoms with Crippen LogP contribution in [0, 0.1) is 34.0 Å². The summed E-state index contributed by atoms with van der Waals surface area (Å²) in [6.45, 7) is 0.509. The average molecular weight is 240 g/mol. The van der Waals surface area contributed by atoms with Gasteiger partial charge < -0.3 is 4.57 Å². The van der Waals surface area contributed by atoms with Crippen molar-refractivity contribution in [3.63, 3.8) is 0 Å². The summed E-state index contributed by atoms with van der Waals surface area (Å²) in [7, 11) is 0. The molecule has 0 bridgehead atoms. The normalized spacial score (nSPS) is 15.4. The molecule has 1 atom stereocenters. The molecule has 90 valence electrons. The van der Waals surface area contributed by atoms with Crippen LogP contribution in [0.15, 0.2) is 6.33 Å². The maximum atomic E-state index is 9.00. The fourth-order valence-corrected chi connectivity index (χ4v) is 1.74. The number of hydrogen-bond donors (Lipinski definition) is 1. The molecular formula is C12H12N6. The maximum absolute atomic E-state index is 9.00. The molecule has 1 fully saturated rings. The van der Waals surface area contributed by atoms with Crippen LogP contribution in [0.2, 0.25) is 0 Å². The van der Waals surface area contributed by atoms with Crippen LogP contribution < -0.4 is 5.32 Å². The molecule has 0 radical (unpaired) electrons. The summed E-state index contributed by atoms with van der Waals surface area (Å²) in [5, 5.41) is 30.0.